The fraction of sp³-hybridized carbons (Fsp3) is 0.900. The van der Waals surface area contributed by atoms with E-state index in [2.05, 4.69) is 5.32 Å². The summed E-state index contributed by atoms with van der Waals surface area (Å²) < 4.78 is 5.04. The van der Waals surface area contributed by atoms with Crippen molar-refractivity contribution in [3.63, 3.8) is 0 Å². The summed E-state index contributed by atoms with van der Waals surface area (Å²) in [6.07, 6.45) is 0.899. The third-order valence-electron chi connectivity index (χ3n) is 2.01. The molecule has 0 aliphatic heterocycles. The van der Waals surface area contributed by atoms with Gasteiger partial charge < -0.3 is 20.1 Å². The minimum Gasteiger partial charge on any atom is -0.444 e. The maximum Gasteiger partial charge on any atom is 0.454 e. The lowest BCUT2D eigenvalue weighted by Crippen LogP contribution is -2.33. The van der Waals surface area contributed by atoms with Crippen molar-refractivity contribution in [2.45, 2.75) is 52.0 Å². The Morgan fingerprint density at radius 1 is 1.44 bits per heavy atom. The molecule has 0 rings (SSSR count). The van der Waals surface area contributed by atoms with E-state index >= 15 is 0 Å². The van der Waals surface area contributed by atoms with Gasteiger partial charge >= 0.3 is 13.2 Å². The van der Waals surface area contributed by atoms with Gasteiger partial charge in [-0.3, -0.25) is 0 Å². The molecule has 0 spiro atoms. The molecule has 16 heavy (non-hydrogen) atoms. The van der Waals surface area contributed by atoms with Gasteiger partial charge in [-0.15, -0.1) is 0 Å². The van der Waals surface area contributed by atoms with Gasteiger partial charge in [-0.2, -0.15) is 0 Å². The number of hydrogen-bond donors (Lipinski definition) is 3. The van der Waals surface area contributed by atoms with Gasteiger partial charge in [0.15, 0.2) is 0 Å². The van der Waals surface area contributed by atoms with Crippen molar-refractivity contribution in [1.82, 2.24) is 5.32 Å². The standard InChI is InChI=1S/C10H22BNO4/c1-8(11(14)15)6-5-7-12-9(13)16-10(2,3)4/h8,14-15H,5-7H2,1-4H3,(H,12,13). The number of carbonyl (C=O) groups excluding carboxylic acids is 1. The summed E-state index contributed by atoms with van der Waals surface area (Å²) in [6, 6.07) is 0. The molecule has 0 radical (unpaired) electrons. The second-order valence-corrected chi connectivity index (χ2v) is 4.96. The highest BCUT2D eigenvalue weighted by molar-refractivity contribution is 6.42. The highest BCUT2D eigenvalue weighted by atomic mass is 16.6. The van der Waals surface area contributed by atoms with Crippen LogP contribution < -0.4 is 5.32 Å². The zero-order chi connectivity index (χ0) is 12.8. The molecule has 1 amide bonds. The van der Waals surface area contributed by atoms with Crippen LogP contribution >= 0.6 is 0 Å². The lowest BCUT2D eigenvalue weighted by atomic mass is 9.72. The van der Waals surface area contributed by atoms with E-state index < -0.39 is 18.8 Å². The second kappa shape index (κ2) is 6.76. The SMILES string of the molecule is CC(CCCNC(=O)OC(C)(C)C)B(O)O. The third-order valence-corrected chi connectivity index (χ3v) is 2.01. The zero-order valence-electron chi connectivity index (χ0n) is 10.5. The largest absolute Gasteiger partial charge is 0.454 e. The van der Waals surface area contributed by atoms with Crippen molar-refractivity contribution < 1.29 is 19.6 Å². The van der Waals surface area contributed by atoms with Crippen molar-refractivity contribution >= 4 is 13.2 Å². The fourth-order valence-electron chi connectivity index (χ4n) is 1.08. The molecule has 0 aromatic heterocycles. The lowest BCUT2D eigenvalue weighted by Gasteiger charge is -2.19. The molecule has 0 aliphatic carbocycles. The van der Waals surface area contributed by atoms with Crippen LogP contribution in [-0.2, 0) is 4.74 Å². The molecule has 5 nitrogen and oxygen atoms in total. The number of carbonyl (C=O) groups is 1. The first-order valence-corrected chi connectivity index (χ1v) is 5.55. The maximum atomic E-state index is 11.2. The fourth-order valence-corrected chi connectivity index (χ4v) is 1.08. The van der Waals surface area contributed by atoms with Crippen LogP contribution in [0, 0.1) is 0 Å². The first-order valence-electron chi connectivity index (χ1n) is 5.55. The minimum absolute atomic E-state index is 0.180. The van der Waals surface area contributed by atoms with Crippen molar-refractivity contribution in [3.05, 3.63) is 0 Å². The first-order chi connectivity index (χ1) is 7.22. The van der Waals surface area contributed by atoms with Gasteiger partial charge in [-0.05, 0) is 33.0 Å². The van der Waals surface area contributed by atoms with Crippen LogP contribution in [0.3, 0.4) is 0 Å². The topological polar surface area (TPSA) is 78.8 Å². The van der Waals surface area contributed by atoms with E-state index in [1.54, 1.807) is 27.7 Å². The Bertz CT molecular complexity index is 215. The van der Waals surface area contributed by atoms with Gasteiger partial charge in [0.1, 0.15) is 5.60 Å². The molecule has 0 aliphatic rings. The molecule has 0 saturated carbocycles. The van der Waals surface area contributed by atoms with Gasteiger partial charge in [0.05, 0.1) is 0 Å². The van der Waals surface area contributed by atoms with Crippen LogP contribution in [0.25, 0.3) is 0 Å². The van der Waals surface area contributed by atoms with E-state index in [9.17, 15) is 4.79 Å². The Balaban J connectivity index is 3.56. The third kappa shape index (κ3) is 8.55. The number of nitrogens with one attached hydrogen (secondary N) is 1. The molecular formula is C10H22BNO4. The van der Waals surface area contributed by atoms with Gasteiger partial charge in [-0.25, -0.2) is 4.79 Å². The molecule has 94 valence electrons. The number of hydrogen-bond acceptors (Lipinski definition) is 4. The highest BCUT2D eigenvalue weighted by Crippen LogP contribution is 2.12. The molecule has 0 bridgehead atoms. The van der Waals surface area contributed by atoms with Gasteiger partial charge in [0.25, 0.3) is 0 Å². The average Bonchev–Trinajstić information content (AvgIpc) is 2.08. The number of ether oxygens (including phenoxy) is 1. The Kier molecular flexibility index (Phi) is 6.44. The summed E-state index contributed by atoms with van der Waals surface area (Å²) in [7, 11) is -1.29. The van der Waals surface area contributed by atoms with E-state index in [0.29, 0.717) is 19.4 Å². The Hall–Kier alpha value is -0.745. The summed E-state index contributed by atoms with van der Waals surface area (Å²) >= 11 is 0. The Labute approximate surface area is 97.3 Å². The number of amides is 1. The molecule has 3 N–H and O–H groups in total. The van der Waals surface area contributed by atoms with Crippen molar-refractivity contribution in [3.8, 4) is 0 Å². The highest BCUT2D eigenvalue weighted by Gasteiger charge is 2.18. The summed E-state index contributed by atoms with van der Waals surface area (Å²) in [5, 5.41) is 20.3. The van der Waals surface area contributed by atoms with E-state index in [4.69, 9.17) is 14.8 Å². The van der Waals surface area contributed by atoms with Crippen molar-refractivity contribution in [2.75, 3.05) is 6.54 Å². The maximum absolute atomic E-state index is 11.2. The van der Waals surface area contributed by atoms with E-state index in [1.165, 1.54) is 0 Å². The monoisotopic (exact) mass is 231 g/mol. The summed E-state index contributed by atoms with van der Waals surface area (Å²) in [4.78, 5) is 11.2. The van der Waals surface area contributed by atoms with Crippen LogP contribution in [0.15, 0.2) is 0 Å². The average molecular weight is 231 g/mol. The molecule has 1 unspecified atom stereocenters. The predicted octanol–water partition coefficient (Wildman–Crippen LogP) is 1.15. The van der Waals surface area contributed by atoms with E-state index in [-0.39, 0.29) is 5.82 Å². The Morgan fingerprint density at radius 3 is 2.44 bits per heavy atom. The number of alkyl carbamates (subject to hydrolysis) is 1. The van der Waals surface area contributed by atoms with Crippen LogP contribution in [0.5, 0.6) is 0 Å². The lowest BCUT2D eigenvalue weighted by molar-refractivity contribution is 0.0527. The Morgan fingerprint density at radius 2 is 2.00 bits per heavy atom. The van der Waals surface area contributed by atoms with Gasteiger partial charge in [0.2, 0.25) is 0 Å². The first kappa shape index (κ1) is 15.3. The molecular weight excluding hydrogens is 209 g/mol. The molecule has 0 aromatic rings. The normalized spacial score (nSPS) is 13.1. The second-order valence-electron chi connectivity index (χ2n) is 4.96. The predicted molar refractivity (Wildman–Crippen MR) is 63.1 cm³/mol. The quantitative estimate of drug-likeness (QED) is 0.490. The van der Waals surface area contributed by atoms with Crippen LogP contribution in [-0.4, -0.2) is 35.4 Å². The number of rotatable bonds is 5. The van der Waals surface area contributed by atoms with Gasteiger partial charge in [-0.1, -0.05) is 13.3 Å². The minimum atomic E-state index is -1.29. The molecule has 0 fully saturated rings. The van der Waals surface area contributed by atoms with Crippen molar-refractivity contribution in [2.24, 2.45) is 0 Å². The smallest absolute Gasteiger partial charge is 0.444 e. The molecule has 0 aromatic carbocycles. The molecule has 0 heterocycles. The summed E-state index contributed by atoms with van der Waals surface area (Å²) in [6.45, 7) is 7.63. The molecule has 6 heteroatoms. The summed E-state index contributed by atoms with van der Waals surface area (Å²) in [5.74, 6) is -0.180. The van der Waals surface area contributed by atoms with E-state index in [0.717, 1.165) is 0 Å². The van der Waals surface area contributed by atoms with Crippen molar-refractivity contribution in [1.29, 1.82) is 0 Å². The summed E-state index contributed by atoms with van der Waals surface area (Å²) in [5.41, 5.74) is -0.487. The van der Waals surface area contributed by atoms with Gasteiger partial charge in [0, 0.05) is 6.54 Å². The van der Waals surface area contributed by atoms with Crippen LogP contribution in [0.2, 0.25) is 5.82 Å². The van der Waals surface area contributed by atoms with Crippen LogP contribution in [0.4, 0.5) is 4.79 Å². The van der Waals surface area contributed by atoms with Crippen LogP contribution in [0.1, 0.15) is 40.5 Å². The zero-order valence-corrected chi connectivity index (χ0v) is 10.5. The van der Waals surface area contributed by atoms with E-state index in [1.807, 2.05) is 0 Å². The molecule has 1 atom stereocenters. The molecule has 0 saturated heterocycles.